The zero-order valence-electron chi connectivity index (χ0n) is 11.3. The molecule has 20 heavy (non-hydrogen) atoms. The second-order valence-corrected chi connectivity index (χ2v) is 6.63. The third-order valence-electron chi connectivity index (χ3n) is 3.45. The van der Waals surface area contributed by atoms with E-state index in [9.17, 15) is 8.42 Å². The van der Waals surface area contributed by atoms with Gasteiger partial charge < -0.3 is 10.2 Å². The summed E-state index contributed by atoms with van der Waals surface area (Å²) in [6, 6.07) is 7.79. The predicted molar refractivity (Wildman–Crippen MR) is 75.2 cm³/mol. The van der Waals surface area contributed by atoms with Crippen molar-refractivity contribution in [3.63, 3.8) is 0 Å². The van der Waals surface area contributed by atoms with E-state index in [4.69, 9.17) is 10.2 Å². The standard InChI is InChI=1S/C13H20N2O4S/c16-9-7-14(8-10-17)20(18,19)15-6-5-12-3-1-2-4-13(12)11-15/h1-4,16-17H,5-11H2. The Bertz CT molecular complexity index is 541. The monoisotopic (exact) mass is 300 g/mol. The van der Waals surface area contributed by atoms with Crippen molar-refractivity contribution in [2.75, 3.05) is 32.8 Å². The topological polar surface area (TPSA) is 81.1 Å². The van der Waals surface area contributed by atoms with Gasteiger partial charge in [-0.3, -0.25) is 0 Å². The van der Waals surface area contributed by atoms with Gasteiger partial charge in [0.25, 0.3) is 10.2 Å². The normalized spacial score (nSPS) is 16.4. The van der Waals surface area contributed by atoms with Crippen LogP contribution in [0.2, 0.25) is 0 Å². The van der Waals surface area contributed by atoms with Crippen LogP contribution < -0.4 is 0 Å². The van der Waals surface area contributed by atoms with Crippen molar-refractivity contribution in [1.82, 2.24) is 8.61 Å². The first kappa shape index (κ1) is 15.4. The van der Waals surface area contributed by atoms with Crippen LogP contribution in [0, 0.1) is 0 Å². The first-order chi connectivity index (χ1) is 9.59. The van der Waals surface area contributed by atoms with Crippen molar-refractivity contribution in [2.24, 2.45) is 0 Å². The number of hydrogen-bond acceptors (Lipinski definition) is 4. The van der Waals surface area contributed by atoms with E-state index in [1.54, 1.807) is 0 Å². The number of benzene rings is 1. The molecular formula is C13H20N2O4S. The fourth-order valence-corrected chi connectivity index (χ4v) is 3.97. The van der Waals surface area contributed by atoms with E-state index in [0.29, 0.717) is 19.5 Å². The molecule has 0 saturated carbocycles. The van der Waals surface area contributed by atoms with Gasteiger partial charge in [-0.15, -0.1) is 0 Å². The van der Waals surface area contributed by atoms with Crippen LogP contribution in [0.5, 0.6) is 0 Å². The van der Waals surface area contributed by atoms with E-state index in [0.717, 1.165) is 9.87 Å². The van der Waals surface area contributed by atoms with Crippen molar-refractivity contribution in [2.45, 2.75) is 13.0 Å². The molecule has 0 aliphatic carbocycles. The zero-order valence-corrected chi connectivity index (χ0v) is 12.1. The Morgan fingerprint density at radius 3 is 2.30 bits per heavy atom. The Balaban J connectivity index is 2.18. The van der Waals surface area contributed by atoms with Crippen LogP contribution in [-0.4, -0.2) is 60.1 Å². The van der Waals surface area contributed by atoms with Crippen molar-refractivity contribution in [3.8, 4) is 0 Å². The molecule has 0 unspecified atom stereocenters. The Morgan fingerprint density at radius 2 is 1.70 bits per heavy atom. The third kappa shape index (κ3) is 3.18. The summed E-state index contributed by atoms with van der Waals surface area (Å²) < 4.78 is 27.5. The first-order valence-corrected chi connectivity index (χ1v) is 8.03. The summed E-state index contributed by atoms with van der Waals surface area (Å²) in [5.74, 6) is 0. The molecule has 0 spiro atoms. The van der Waals surface area contributed by atoms with Crippen LogP contribution in [-0.2, 0) is 23.2 Å². The van der Waals surface area contributed by atoms with E-state index < -0.39 is 10.2 Å². The fraction of sp³-hybridized carbons (Fsp3) is 0.538. The zero-order chi connectivity index (χ0) is 14.6. The predicted octanol–water partition coefficient (Wildman–Crippen LogP) is -0.424. The summed E-state index contributed by atoms with van der Waals surface area (Å²) in [7, 11) is -3.64. The second-order valence-electron chi connectivity index (χ2n) is 4.71. The summed E-state index contributed by atoms with van der Waals surface area (Å²) in [5, 5.41) is 18.0. The molecule has 1 aromatic carbocycles. The van der Waals surface area contributed by atoms with Crippen LogP contribution in [0.4, 0.5) is 0 Å². The summed E-state index contributed by atoms with van der Waals surface area (Å²) in [5.41, 5.74) is 2.19. The Hall–Kier alpha value is -0.990. The lowest BCUT2D eigenvalue weighted by Gasteiger charge is -2.32. The van der Waals surface area contributed by atoms with E-state index >= 15 is 0 Å². The maximum absolute atomic E-state index is 12.5. The molecule has 0 fully saturated rings. The van der Waals surface area contributed by atoms with E-state index in [1.807, 2.05) is 24.3 Å². The molecule has 2 rings (SSSR count). The maximum Gasteiger partial charge on any atom is 0.282 e. The average molecular weight is 300 g/mol. The highest BCUT2D eigenvalue weighted by molar-refractivity contribution is 7.86. The van der Waals surface area contributed by atoms with E-state index in [1.165, 1.54) is 9.87 Å². The minimum atomic E-state index is -3.64. The van der Waals surface area contributed by atoms with Gasteiger partial charge in [0.2, 0.25) is 0 Å². The van der Waals surface area contributed by atoms with Crippen molar-refractivity contribution >= 4 is 10.2 Å². The van der Waals surface area contributed by atoms with Gasteiger partial charge in [-0.2, -0.15) is 17.0 Å². The van der Waals surface area contributed by atoms with Crippen LogP contribution in [0.15, 0.2) is 24.3 Å². The van der Waals surface area contributed by atoms with Crippen LogP contribution in [0.25, 0.3) is 0 Å². The van der Waals surface area contributed by atoms with Gasteiger partial charge in [0.05, 0.1) is 13.2 Å². The molecule has 0 aromatic heterocycles. The molecule has 112 valence electrons. The van der Waals surface area contributed by atoms with Crippen LogP contribution >= 0.6 is 0 Å². The Labute approximate surface area is 119 Å². The lowest BCUT2D eigenvalue weighted by molar-refractivity contribution is 0.207. The largest absolute Gasteiger partial charge is 0.395 e. The number of nitrogens with zero attached hydrogens (tertiary/aromatic N) is 2. The number of aliphatic hydroxyl groups excluding tert-OH is 2. The molecule has 1 aliphatic rings. The quantitative estimate of drug-likeness (QED) is 0.747. The molecule has 0 radical (unpaired) electrons. The van der Waals surface area contributed by atoms with Gasteiger partial charge in [-0.25, -0.2) is 0 Å². The average Bonchev–Trinajstić information content (AvgIpc) is 2.46. The van der Waals surface area contributed by atoms with Gasteiger partial charge in [-0.1, -0.05) is 24.3 Å². The lowest BCUT2D eigenvalue weighted by atomic mass is 10.0. The van der Waals surface area contributed by atoms with Crippen molar-refractivity contribution in [3.05, 3.63) is 35.4 Å². The van der Waals surface area contributed by atoms with Crippen LogP contribution in [0.3, 0.4) is 0 Å². The van der Waals surface area contributed by atoms with E-state index in [-0.39, 0.29) is 26.3 Å². The first-order valence-electron chi connectivity index (χ1n) is 6.63. The molecule has 6 nitrogen and oxygen atoms in total. The van der Waals surface area contributed by atoms with Crippen LogP contribution in [0.1, 0.15) is 11.1 Å². The fourth-order valence-electron chi connectivity index (χ4n) is 2.40. The molecule has 2 N–H and O–H groups in total. The molecular weight excluding hydrogens is 280 g/mol. The number of aliphatic hydroxyl groups is 2. The van der Waals surface area contributed by atoms with E-state index in [2.05, 4.69) is 0 Å². The second kappa shape index (κ2) is 6.64. The van der Waals surface area contributed by atoms with Gasteiger partial charge in [0.1, 0.15) is 0 Å². The number of hydrogen-bond donors (Lipinski definition) is 2. The molecule has 0 atom stereocenters. The summed E-state index contributed by atoms with van der Waals surface area (Å²) in [4.78, 5) is 0. The highest BCUT2D eigenvalue weighted by Gasteiger charge is 2.31. The maximum atomic E-state index is 12.5. The third-order valence-corrected chi connectivity index (χ3v) is 5.43. The summed E-state index contributed by atoms with van der Waals surface area (Å²) in [6.45, 7) is 0.244. The Kier molecular flexibility index (Phi) is 5.11. The van der Waals surface area contributed by atoms with Gasteiger partial charge >= 0.3 is 0 Å². The van der Waals surface area contributed by atoms with Gasteiger partial charge in [-0.05, 0) is 17.5 Å². The minimum absolute atomic E-state index is 0.00103. The number of fused-ring (bicyclic) bond motifs is 1. The summed E-state index contributed by atoms with van der Waals surface area (Å²) >= 11 is 0. The Morgan fingerprint density at radius 1 is 1.10 bits per heavy atom. The van der Waals surface area contributed by atoms with Crippen molar-refractivity contribution < 1.29 is 18.6 Å². The molecule has 0 amide bonds. The minimum Gasteiger partial charge on any atom is -0.395 e. The molecule has 1 aliphatic heterocycles. The lowest BCUT2D eigenvalue weighted by Crippen LogP contribution is -2.47. The highest BCUT2D eigenvalue weighted by atomic mass is 32.2. The van der Waals surface area contributed by atoms with Gasteiger partial charge in [0, 0.05) is 26.2 Å². The van der Waals surface area contributed by atoms with Gasteiger partial charge in [0.15, 0.2) is 0 Å². The summed E-state index contributed by atoms with van der Waals surface area (Å²) in [6.07, 6.45) is 0.682. The molecule has 1 heterocycles. The van der Waals surface area contributed by atoms with Crippen molar-refractivity contribution in [1.29, 1.82) is 0 Å². The highest BCUT2D eigenvalue weighted by Crippen LogP contribution is 2.22. The SMILES string of the molecule is O=S(=O)(N(CCO)CCO)N1CCc2ccccc2C1. The molecule has 0 bridgehead atoms. The number of rotatable bonds is 6. The molecule has 1 aromatic rings. The smallest absolute Gasteiger partial charge is 0.282 e. The molecule has 7 heteroatoms. The molecule has 0 saturated heterocycles.